The van der Waals surface area contributed by atoms with Crippen molar-refractivity contribution in [1.82, 2.24) is 4.98 Å². The third-order valence-corrected chi connectivity index (χ3v) is 3.41. The summed E-state index contributed by atoms with van der Waals surface area (Å²) in [5.74, 6) is 0. The van der Waals surface area contributed by atoms with Crippen LogP contribution in [0.1, 0.15) is 11.7 Å². The van der Waals surface area contributed by atoms with Crippen molar-refractivity contribution < 1.29 is 15.1 Å². The van der Waals surface area contributed by atoms with E-state index < -0.39 is 17.1 Å². The highest BCUT2D eigenvalue weighted by molar-refractivity contribution is 9.09. The van der Waals surface area contributed by atoms with Gasteiger partial charge in [0.15, 0.2) is 0 Å². The highest BCUT2D eigenvalue weighted by Crippen LogP contribution is 2.29. The fourth-order valence-electron chi connectivity index (χ4n) is 1.78. The van der Waals surface area contributed by atoms with E-state index in [4.69, 9.17) is 0 Å². The molecule has 0 fully saturated rings. The lowest BCUT2D eigenvalue weighted by molar-refractivity contribution is -0.384. The summed E-state index contributed by atoms with van der Waals surface area (Å²) in [7, 11) is 0. The number of non-ortho nitro benzene ring substituents is 1. The molecule has 18 heavy (non-hydrogen) atoms. The molecule has 0 radical (unpaired) electrons. The molecule has 1 heterocycles. The van der Waals surface area contributed by atoms with Crippen LogP contribution in [0.5, 0.6) is 0 Å². The number of aliphatic hydroxyl groups excluding tert-OH is 2. The number of nitro groups is 1. The maximum Gasteiger partial charge on any atom is 0.270 e. The van der Waals surface area contributed by atoms with Crippen molar-refractivity contribution in [3.63, 3.8) is 0 Å². The van der Waals surface area contributed by atoms with Gasteiger partial charge in [-0.25, -0.2) is 0 Å². The molecule has 3 N–H and O–H groups in total. The Morgan fingerprint density at radius 3 is 2.78 bits per heavy atom. The predicted molar refractivity (Wildman–Crippen MR) is 69.7 cm³/mol. The fourth-order valence-corrected chi connectivity index (χ4v) is 2.13. The SMILES string of the molecule is O=[N+]([O-])c1ccc2[nH]cc(C(O)C(O)CBr)c2c1. The minimum absolute atomic E-state index is 0.0520. The van der Waals surface area contributed by atoms with Crippen LogP contribution < -0.4 is 0 Å². The van der Waals surface area contributed by atoms with Gasteiger partial charge in [-0.1, -0.05) is 15.9 Å². The third-order valence-electron chi connectivity index (χ3n) is 2.75. The fraction of sp³-hybridized carbons (Fsp3) is 0.273. The number of nitrogens with zero attached hydrogens (tertiary/aromatic N) is 1. The number of hydrogen-bond donors (Lipinski definition) is 3. The van der Waals surface area contributed by atoms with E-state index >= 15 is 0 Å². The number of H-pyrrole nitrogens is 1. The smallest absolute Gasteiger partial charge is 0.270 e. The molecule has 0 saturated heterocycles. The van der Waals surface area contributed by atoms with E-state index in [-0.39, 0.29) is 11.0 Å². The van der Waals surface area contributed by atoms with Crippen molar-refractivity contribution in [3.8, 4) is 0 Å². The quantitative estimate of drug-likeness (QED) is 0.455. The lowest BCUT2D eigenvalue weighted by atomic mass is 10.0. The number of alkyl halides is 1. The van der Waals surface area contributed by atoms with E-state index in [1.54, 1.807) is 12.3 Å². The molecule has 0 spiro atoms. The number of fused-ring (bicyclic) bond motifs is 1. The van der Waals surface area contributed by atoms with E-state index in [9.17, 15) is 20.3 Å². The Labute approximate surface area is 111 Å². The first kappa shape index (κ1) is 13.0. The number of hydrogen-bond acceptors (Lipinski definition) is 4. The summed E-state index contributed by atoms with van der Waals surface area (Å²) in [6.07, 6.45) is -0.520. The van der Waals surface area contributed by atoms with Crippen LogP contribution in [0, 0.1) is 10.1 Å². The first-order chi connectivity index (χ1) is 8.54. The number of halogens is 1. The molecule has 2 aromatic rings. The molecule has 96 valence electrons. The topological polar surface area (TPSA) is 99.4 Å². The monoisotopic (exact) mass is 314 g/mol. The van der Waals surface area contributed by atoms with E-state index in [1.165, 1.54) is 12.1 Å². The molecule has 2 rings (SSSR count). The Balaban J connectivity index is 2.51. The molecule has 6 nitrogen and oxygen atoms in total. The van der Waals surface area contributed by atoms with Crippen LogP contribution in [-0.2, 0) is 0 Å². The van der Waals surface area contributed by atoms with Gasteiger partial charge in [0.2, 0.25) is 0 Å². The zero-order valence-electron chi connectivity index (χ0n) is 9.21. The molecule has 2 unspecified atom stereocenters. The van der Waals surface area contributed by atoms with Crippen molar-refractivity contribution >= 4 is 32.5 Å². The molecule has 2 atom stereocenters. The summed E-state index contributed by atoms with van der Waals surface area (Å²) < 4.78 is 0. The summed E-state index contributed by atoms with van der Waals surface area (Å²) in [5, 5.41) is 31.0. The molecular weight excluding hydrogens is 304 g/mol. The van der Waals surface area contributed by atoms with Gasteiger partial charge in [-0.05, 0) is 6.07 Å². The number of rotatable bonds is 4. The highest BCUT2D eigenvalue weighted by atomic mass is 79.9. The van der Waals surface area contributed by atoms with Crippen LogP contribution in [0.3, 0.4) is 0 Å². The van der Waals surface area contributed by atoms with Crippen LogP contribution >= 0.6 is 15.9 Å². The summed E-state index contributed by atoms with van der Waals surface area (Å²) >= 11 is 3.07. The average molecular weight is 315 g/mol. The minimum Gasteiger partial charge on any atom is -0.389 e. The zero-order valence-corrected chi connectivity index (χ0v) is 10.8. The Morgan fingerprint density at radius 2 is 2.17 bits per heavy atom. The van der Waals surface area contributed by atoms with Crippen LogP contribution in [0.25, 0.3) is 10.9 Å². The zero-order chi connectivity index (χ0) is 13.3. The summed E-state index contributed by atoms with van der Waals surface area (Å²) in [5.41, 5.74) is 1.07. The minimum atomic E-state index is -1.10. The van der Waals surface area contributed by atoms with E-state index in [2.05, 4.69) is 20.9 Å². The molecule has 0 aliphatic carbocycles. The largest absolute Gasteiger partial charge is 0.389 e. The van der Waals surface area contributed by atoms with Gasteiger partial charge in [-0.3, -0.25) is 10.1 Å². The molecule has 0 aliphatic rings. The van der Waals surface area contributed by atoms with Gasteiger partial charge in [0, 0.05) is 40.1 Å². The van der Waals surface area contributed by atoms with E-state index in [1.807, 2.05) is 0 Å². The van der Waals surface area contributed by atoms with Gasteiger partial charge in [-0.2, -0.15) is 0 Å². The molecule has 0 aliphatic heterocycles. The molecule has 7 heteroatoms. The van der Waals surface area contributed by atoms with E-state index in [0.717, 1.165) is 0 Å². The molecule has 1 aromatic heterocycles. The highest BCUT2D eigenvalue weighted by Gasteiger charge is 2.21. The maximum absolute atomic E-state index is 10.7. The Bertz CT molecular complexity index is 583. The Kier molecular flexibility index (Phi) is 3.65. The lowest BCUT2D eigenvalue weighted by Gasteiger charge is -2.14. The lowest BCUT2D eigenvalue weighted by Crippen LogP contribution is -2.19. The molecule has 0 bridgehead atoms. The summed E-state index contributed by atoms with van der Waals surface area (Å²) in [4.78, 5) is 13.1. The van der Waals surface area contributed by atoms with Crippen molar-refractivity contribution in [2.45, 2.75) is 12.2 Å². The van der Waals surface area contributed by atoms with Crippen LogP contribution in [0.2, 0.25) is 0 Å². The molecule has 0 saturated carbocycles. The average Bonchev–Trinajstić information content (AvgIpc) is 2.79. The van der Waals surface area contributed by atoms with Gasteiger partial charge in [0.1, 0.15) is 6.10 Å². The second-order valence-electron chi connectivity index (χ2n) is 3.90. The number of aromatic amines is 1. The second-order valence-corrected chi connectivity index (χ2v) is 4.54. The van der Waals surface area contributed by atoms with Gasteiger partial charge >= 0.3 is 0 Å². The maximum atomic E-state index is 10.7. The number of nitro benzene ring substituents is 1. The van der Waals surface area contributed by atoms with E-state index in [0.29, 0.717) is 16.5 Å². The number of aliphatic hydroxyl groups is 2. The van der Waals surface area contributed by atoms with Crippen LogP contribution in [0.15, 0.2) is 24.4 Å². The molecular formula is C11H11BrN2O4. The number of aromatic nitrogens is 1. The van der Waals surface area contributed by atoms with Gasteiger partial charge < -0.3 is 15.2 Å². The van der Waals surface area contributed by atoms with Gasteiger partial charge in [0.05, 0.1) is 11.0 Å². The predicted octanol–water partition coefficient (Wildman–Crippen LogP) is 1.87. The number of benzene rings is 1. The van der Waals surface area contributed by atoms with Crippen molar-refractivity contribution in [2.75, 3.05) is 5.33 Å². The standard InChI is InChI=1S/C11H11BrN2O4/c12-4-10(15)11(16)8-5-13-9-2-1-6(14(17)18)3-7(8)9/h1-3,5,10-11,13,15-16H,4H2. The second kappa shape index (κ2) is 5.05. The van der Waals surface area contributed by atoms with Crippen LogP contribution in [-0.4, -0.2) is 31.6 Å². The third kappa shape index (κ3) is 2.24. The Hall–Kier alpha value is -1.44. The summed E-state index contributed by atoms with van der Waals surface area (Å²) in [6.45, 7) is 0. The first-order valence-electron chi connectivity index (χ1n) is 5.22. The summed E-state index contributed by atoms with van der Waals surface area (Å²) in [6, 6.07) is 4.34. The van der Waals surface area contributed by atoms with Crippen molar-refractivity contribution in [2.24, 2.45) is 0 Å². The normalized spacial score (nSPS) is 14.6. The molecule has 0 amide bonds. The van der Waals surface area contributed by atoms with Gasteiger partial charge in [-0.15, -0.1) is 0 Å². The van der Waals surface area contributed by atoms with Gasteiger partial charge in [0.25, 0.3) is 5.69 Å². The molecule has 1 aromatic carbocycles. The van der Waals surface area contributed by atoms with Crippen molar-refractivity contribution in [3.05, 3.63) is 40.1 Å². The van der Waals surface area contributed by atoms with Crippen LogP contribution in [0.4, 0.5) is 5.69 Å². The first-order valence-corrected chi connectivity index (χ1v) is 6.34. The number of nitrogens with one attached hydrogen (secondary N) is 1. The van der Waals surface area contributed by atoms with Crippen molar-refractivity contribution in [1.29, 1.82) is 0 Å². The Morgan fingerprint density at radius 1 is 1.44 bits per heavy atom.